The average Bonchev–Trinajstić information content (AvgIpc) is 2.59. The van der Waals surface area contributed by atoms with E-state index in [1.54, 1.807) is 18.2 Å². The number of benzene rings is 1. The number of rotatable bonds is 4. The van der Waals surface area contributed by atoms with Crippen LogP contribution in [0.5, 0.6) is 0 Å². The van der Waals surface area contributed by atoms with Crippen LogP contribution in [-0.2, 0) is 20.7 Å². The van der Waals surface area contributed by atoms with Gasteiger partial charge in [-0.25, -0.2) is 4.79 Å². The summed E-state index contributed by atoms with van der Waals surface area (Å²) < 4.78 is 5.33. The number of hydrogen-bond donors (Lipinski definition) is 3. The van der Waals surface area contributed by atoms with E-state index in [1.165, 1.54) is 0 Å². The number of aryl methyl sites for hydroxylation is 1. The Kier molecular flexibility index (Phi) is 4.80. The van der Waals surface area contributed by atoms with Gasteiger partial charge in [0.1, 0.15) is 6.04 Å². The van der Waals surface area contributed by atoms with E-state index in [0.717, 1.165) is 12.0 Å². The van der Waals surface area contributed by atoms with Crippen LogP contribution in [-0.4, -0.2) is 42.1 Å². The van der Waals surface area contributed by atoms with Crippen LogP contribution in [0.15, 0.2) is 18.2 Å². The number of carbonyl (C=O) groups is 3. The van der Waals surface area contributed by atoms with Gasteiger partial charge in [-0.3, -0.25) is 9.59 Å². The Morgan fingerprint density at radius 2 is 2.17 bits per heavy atom. The molecule has 1 aromatic carbocycles. The van der Waals surface area contributed by atoms with E-state index in [1.807, 2.05) is 0 Å². The number of anilines is 1. The molecule has 0 spiro atoms. The van der Waals surface area contributed by atoms with E-state index in [9.17, 15) is 19.5 Å². The van der Waals surface area contributed by atoms with E-state index in [0.29, 0.717) is 43.7 Å². The van der Waals surface area contributed by atoms with Crippen LogP contribution in [0.3, 0.4) is 0 Å². The first-order chi connectivity index (χ1) is 11.5. The average molecular weight is 332 g/mol. The maximum atomic E-state index is 12.4. The normalized spacial score (nSPS) is 21.3. The molecule has 2 amide bonds. The second kappa shape index (κ2) is 7.00. The van der Waals surface area contributed by atoms with E-state index >= 15 is 0 Å². The molecule has 1 fully saturated rings. The number of carboxylic acid groups (broad SMARTS) is 1. The summed E-state index contributed by atoms with van der Waals surface area (Å²) in [5.41, 5.74) is 1.99. The van der Waals surface area contributed by atoms with Gasteiger partial charge in [0.25, 0.3) is 5.91 Å². The molecule has 128 valence electrons. The fraction of sp³-hybridized carbons (Fsp3) is 0.471. The monoisotopic (exact) mass is 332 g/mol. The van der Waals surface area contributed by atoms with Crippen LogP contribution in [0.2, 0.25) is 0 Å². The largest absolute Gasteiger partial charge is 0.480 e. The lowest BCUT2D eigenvalue weighted by molar-refractivity contribution is -0.142. The molecule has 2 atom stereocenters. The van der Waals surface area contributed by atoms with Crippen molar-refractivity contribution in [3.05, 3.63) is 29.3 Å². The molecular formula is C17H20N2O5. The summed E-state index contributed by atoms with van der Waals surface area (Å²) in [5, 5.41) is 14.8. The van der Waals surface area contributed by atoms with Crippen molar-refractivity contribution in [2.45, 2.75) is 31.7 Å². The zero-order chi connectivity index (χ0) is 17.1. The maximum absolute atomic E-state index is 12.4. The number of aliphatic carboxylic acids is 1. The third-order valence-corrected chi connectivity index (χ3v) is 4.48. The fourth-order valence-electron chi connectivity index (χ4n) is 3.16. The number of fused-ring (bicyclic) bond motifs is 1. The van der Waals surface area contributed by atoms with Gasteiger partial charge in [0.15, 0.2) is 0 Å². The summed E-state index contributed by atoms with van der Waals surface area (Å²) in [5.74, 6) is -1.74. The van der Waals surface area contributed by atoms with Gasteiger partial charge >= 0.3 is 5.97 Å². The zero-order valence-electron chi connectivity index (χ0n) is 13.2. The van der Waals surface area contributed by atoms with Crippen LogP contribution < -0.4 is 10.6 Å². The summed E-state index contributed by atoms with van der Waals surface area (Å²) >= 11 is 0. The Balaban J connectivity index is 1.73. The van der Waals surface area contributed by atoms with Gasteiger partial charge < -0.3 is 20.5 Å². The van der Waals surface area contributed by atoms with Gasteiger partial charge in [-0.1, -0.05) is 0 Å². The highest BCUT2D eigenvalue weighted by Crippen LogP contribution is 2.24. The van der Waals surface area contributed by atoms with Crippen molar-refractivity contribution in [2.24, 2.45) is 5.92 Å². The van der Waals surface area contributed by atoms with Gasteiger partial charge in [-0.05, 0) is 43.0 Å². The van der Waals surface area contributed by atoms with Crippen molar-refractivity contribution in [1.29, 1.82) is 0 Å². The fourth-order valence-corrected chi connectivity index (χ4v) is 3.16. The van der Waals surface area contributed by atoms with Crippen LogP contribution >= 0.6 is 0 Å². The van der Waals surface area contributed by atoms with E-state index < -0.39 is 17.9 Å². The lowest BCUT2D eigenvalue weighted by Gasteiger charge is -2.28. The van der Waals surface area contributed by atoms with Crippen molar-refractivity contribution in [2.75, 3.05) is 18.5 Å². The quantitative estimate of drug-likeness (QED) is 0.768. The number of hydrogen-bond acceptors (Lipinski definition) is 4. The molecule has 3 N–H and O–H groups in total. The molecule has 1 saturated heterocycles. The summed E-state index contributed by atoms with van der Waals surface area (Å²) in [4.78, 5) is 35.3. The smallest absolute Gasteiger partial charge is 0.326 e. The van der Waals surface area contributed by atoms with Crippen LogP contribution in [0.1, 0.15) is 35.2 Å². The van der Waals surface area contributed by atoms with Crippen LogP contribution in [0.25, 0.3) is 0 Å². The Bertz CT molecular complexity index is 667. The molecule has 0 aromatic heterocycles. The third kappa shape index (κ3) is 3.56. The first-order valence-corrected chi connectivity index (χ1v) is 8.09. The second-order valence-electron chi connectivity index (χ2n) is 6.19. The Labute approximate surface area is 139 Å². The summed E-state index contributed by atoms with van der Waals surface area (Å²) in [6.07, 6.45) is 2.46. The highest BCUT2D eigenvalue weighted by molar-refractivity contribution is 5.99. The van der Waals surface area contributed by atoms with Gasteiger partial charge in [0.05, 0.1) is 6.61 Å². The minimum Gasteiger partial charge on any atom is -0.480 e. The van der Waals surface area contributed by atoms with Crippen molar-refractivity contribution in [3.63, 3.8) is 0 Å². The topological polar surface area (TPSA) is 105 Å². The van der Waals surface area contributed by atoms with Gasteiger partial charge in [-0.15, -0.1) is 0 Å². The predicted molar refractivity (Wildman–Crippen MR) is 85.8 cm³/mol. The summed E-state index contributed by atoms with van der Waals surface area (Å²) in [6, 6.07) is 4.02. The van der Waals surface area contributed by atoms with Crippen molar-refractivity contribution >= 4 is 23.5 Å². The molecule has 7 nitrogen and oxygen atoms in total. The van der Waals surface area contributed by atoms with Crippen LogP contribution in [0.4, 0.5) is 5.69 Å². The zero-order valence-corrected chi connectivity index (χ0v) is 13.2. The van der Waals surface area contributed by atoms with Crippen LogP contribution in [0, 0.1) is 5.92 Å². The van der Waals surface area contributed by atoms with Crippen molar-refractivity contribution < 1.29 is 24.2 Å². The first-order valence-electron chi connectivity index (χ1n) is 8.09. The molecule has 3 rings (SSSR count). The molecule has 2 aliphatic rings. The van der Waals surface area contributed by atoms with Gasteiger partial charge in [-0.2, -0.15) is 0 Å². The molecule has 2 aliphatic heterocycles. The highest BCUT2D eigenvalue weighted by Gasteiger charge is 2.31. The lowest BCUT2D eigenvalue weighted by Crippen LogP contribution is -2.48. The van der Waals surface area contributed by atoms with E-state index in [2.05, 4.69) is 10.6 Å². The predicted octanol–water partition coefficient (Wildman–Crippen LogP) is 1.18. The lowest BCUT2D eigenvalue weighted by atomic mass is 9.93. The summed E-state index contributed by atoms with van der Waals surface area (Å²) in [6.45, 7) is 0.973. The molecule has 0 bridgehead atoms. The molecule has 0 radical (unpaired) electrons. The maximum Gasteiger partial charge on any atom is 0.326 e. The Hall–Kier alpha value is -2.41. The van der Waals surface area contributed by atoms with Gasteiger partial charge in [0, 0.05) is 30.2 Å². The molecule has 2 unspecified atom stereocenters. The van der Waals surface area contributed by atoms with E-state index in [4.69, 9.17) is 4.74 Å². The molecule has 1 aromatic rings. The minimum absolute atomic E-state index is 0.0389. The molecule has 7 heteroatoms. The Morgan fingerprint density at radius 3 is 2.88 bits per heavy atom. The molecule has 0 aliphatic carbocycles. The number of carbonyl (C=O) groups excluding carboxylic acids is 2. The number of ether oxygens (including phenoxy) is 1. The molecule has 24 heavy (non-hydrogen) atoms. The molecule has 0 saturated carbocycles. The second-order valence-corrected chi connectivity index (χ2v) is 6.19. The molecule has 2 heterocycles. The van der Waals surface area contributed by atoms with Gasteiger partial charge in [0.2, 0.25) is 5.91 Å². The third-order valence-electron chi connectivity index (χ3n) is 4.48. The number of carboxylic acids is 1. The number of nitrogens with one attached hydrogen (secondary N) is 2. The SMILES string of the molecule is O=C1CCc2cc(C(=O)NC(C(=O)O)C3CCCOC3)ccc2N1. The van der Waals surface area contributed by atoms with Crippen molar-refractivity contribution in [1.82, 2.24) is 5.32 Å². The summed E-state index contributed by atoms with van der Waals surface area (Å²) in [7, 11) is 0. The highest BCUT2D eigenvalue weighted by atomic mass is 16.5. The minimum atomic E-state index is -1.05. The standard InChI is InChI=1S/C17H20N2O5/c20-14-6-4-10-8-11(3-5-13(10)18-14)16(21)19-15(17(22)23)12-2-1-7-24-9-12/h3,5,8,12,15H,1-2,4,6-7,9H2,(H,18,20)(H,19,21)(H,22,23). The number of amides is 2. The van der Waals surface area contributed by atoms with Crippen molar-refractivity contribution in [3.8, 4) is 0 Å². The Morgan fingerprint density at radius 1 is 1.33 bits per heavy atom. The van der Waals surface area contributed by atoms with E-state index in [-0.39, 0.29) is 11.8 Å². The molecular weight excluding hydrogens is 312 g/mol. The first kappa shape index (κ1) is 16.4.